The quantitative estimate of drug-likeness (QED) is 0.516. The van der Waals surface area contributed by atoms with Crippen molar-refractivity contribution >= 4 is 0 Å². The first-order valence-electron chi connectivity index (χ1n) is 4.60. The van der Waals surface area contributed by atoms with Gasteiger partial charge in [0.05, 0.1) is 0 Å². The first-order chi connectivity index (χ1) is 7.66. The number of allylic oxidation sites excluding steroid dienone is 8. The van der Waals surface area contributed by atoms with Crippen LogP contribution < -0.4 is 0 Å². The van der Waals surface area contributed by atoms with Crippen molar-refractivity contribution in [2.75, 3.05) is 0 Å². The highest BCUT2D eigenvalue weighted by molar-refractivity contribution is 4.89. The van der Waals surface area contributed by atoms with E-state index < -0.39 is 0 Å². The maximum absolute atomic E-state index is 3.36. The lowest BCUT2D eigenvalue weighted by Crippen LogP contribution is -1.21. The minimum atomic E-state index is 0. The van der Waals surface area contributed by atoms with Crippen molar-refractivity contribution in [3.63, 3.8) is 0 Å². The van der Waals surface area contributed by atoms with Crippen LogP contribution in [-0.2, 0) is 0 Å². The van der Waals surface area contributed by atoms with Crippen LogP contribution >= 0.6 is 0 Å². The minimum absolute atomic E-state index is 0. The zero-order chi connectivity index (χ0) is 13.7. The van der Waals surface area contributed by atoms with Gasteiger partial charge in [-0.2, -0.15) is 0 Å². The van der Waals surface area contributed by atoms with E-state index in [-0.39, 0.29) is 7.43 Å². The summed E-state index contributed by atoms with van der Waals surface area (Å²) in [4.78, 5) is 0. The molecule has 0 atom stereocenters. The third kappa shape index (κ3) is 537. The molecule has 0 N–H and O–H groups in total. The molecule has 0 nitrogen and oxygen atoms in total. The molecule has 0 aliphatic carbocycles. The largest absolute Gasteiger partial charge is 0.0991 e. The van der Waals surface area contributed by atoms with Gasteiger partial charge in [-0.3, -0.25) is 0 Å². The van der Waals surface area contributed by atoms with E-state index in [1.54, 1.807) is 48.6 Å². The molecule has 96 valence electrons. The summed E-state index contributed by atoms with van der Waals surface area (Å²) in [5, 5.41) is 0. The van der Waals surface area contributed by atoms with E-state index in [0.29, 0.717) is 0 Å². The highest BCUT2D eigenvalue weighted by Gasteiger charge is 1.30. The summed E-state index contributed by atoms with van der Waals surface area (Å²) in [6.07, 6.45) is 13.1. The SMILES string of the molecule is C.C=CC=C.C=CC=C.C=CC=C.C=CC=C. The van der Waals surface area contributed by atoms with Crippen molar-refractivity contribution in [2.24, 2.45) is 0 Å². The van der Waals surface area contributed by atoms with Gasteiger partial charge in [-0.1, -0.05) is 109 Å². The van der Waals surface area contributed by atoms with E-state index in [0.717, 1.165) is 0 Å². The zero-order valence-corrected chi connectivity index (χ0v) is 10.3. The van der Waals surface area contributed by atoms with Crippen molar-refractivity contribution in [3.8, 4) is 0 Å². The zero-order valence-electron chi connectivity index (χ0n) is 10.3. The number of hydrogen-bond donors (Lipinski definition) is 0. The molecule has 0 aromatic carbocycles. The molecule has 0 unspecified atom stereocenters. The Morgan fingerprint density at radius 2 is 0.353 bits per heavy atom. The van der Waals surface area contributed by atoms with Crippen LogP contribution in [0.2, 0.25) is 0 Å². The molecule has 0 amide bonds. The summed E-state index contributed by atoms with van der Waals surface area (Å²) >= 11 is 0. The van der Waals surface area contributed by atoms with Gasteiger partial charge in [0.1, 0.15) is 0 Å². The molecule has 17 heavy (non-hydrogen) atoms. The second-order valence-corrected chi connectivity index (χ2v) is 1.89. The van der Waals surface area contributed by atoms with Gasteiger partial charge >= 0.3 is 0 Å². The van der Waals surface area contributed by atoms with Gasteiger partial charge in [0, 0.05) is 0 Å². The third-order valence-electron chi connectivity index (χ3n) is 0.667. The highest BCUT2D eigenvalue weighted by atomic mass is 13.4. The maximum atomic E-state index is 3.36. The average molecular weight is 232 g/mol. The molecule has 0 aromatic rings. The Morgan fingerprint density at radius 3 is 0.353 bits per heavy atom. The Labute approximate surface area is 109 Å². The van der Waals surface area contributed by atoms with Crippen LogP contribution in [0.1, 0.15) is 7.43 Å². The van der Waals surface area contributed by atoms with Crippen LogP contribution in [0.25, 0.3) is 0 Å². The fraction of sp³-hybridized carbons (Fsp3) is 0.0588. The van der Waals surface area contributed by atoms with Crippen LogP contribution in [0.5, 0.6) is 0 Å². The lowest BCUT2D eigenvalue weighted by Gasteiger charge is -1.44. The van der Waals surface area contributed by atoms with Crippen molar-refractivity contribution in [1.29, 1.82) is 0 Å². The fourth-order valence-corrected chi connectivity index (χ4v) is 0. The molecule has 0 heteroatoms. The summed E-state index contributed by atoms with van der Waals surface area (Å²) in [5.41, 5.74) is 0. The summed E-state index contributed by atoms with van der Waals surface area (Å²) in [5.74, 6) is 0. The molecule has 0 fully saturated rings. The van der Waals surface area contributed by atoms with Gasteiger partial charge < -0.3 is 0 Å². The first-order valence-corrected chi connectivity index (χ1v) is 4.60. The minimum Gasteiger partial charge on any atom is -0.0991 e. The number of rotatable bonds is 4. The summed E-state index contributed by atoms with van der Waals surface area (Å²) in [6.45, 7) is 26.9. The van der Waals surface area contributed by atoms with Gasteiger partial charge in [0.2, 0.25) is 0 Å². The normalized spacial score (nSPS) is 4.71. The van der Waals surface area contributed by atoms with E-state index in [1.807, 2.05) is 0 Å². The standard InChI is InChI=1S/4C4H6.CH4/c4*1-3-4-2;/h4*3-4H,1-2H2;1H4. The van der Waals surface area contributed by atoms with Crippen LogP contribution in [-0.4, -0.2) is 0 Å². The van der Waals surface area contributed by atoms with Crippen molar-refractivity contribution in [1.82, 2.24) is 0 Å². The Bertz CT molecular complexity index is 132. The van der Waals surface area contributed by atoms with E-state index in [1.165, 1.54) is 0 Å². The summed E-state index contributed by atoms with van der Waals surface area (Å²) < 4.78 is 0. The Balaban J connectivity index is -0.0000000369. The molecule has 0 aliphatic rings. The van der Waals surface area contributed by atoms with E-state index in [4.69, 9.17) is 0 Å². The maximum Gasteiger partial charge on any atom is -0.0701 e. The van der Waals surface area contributed by atoms with Gasteiger partial charge in [0.15, 0.2) is 0 Å². The topological polar surface area (TPSA) is 0 Å². The van der Waals surface area contributed by atoms with Crippen molar-refractivity contribution in [3.05, 3.63) is 101 Å². The van der Waals surface area contributed by atoms with Gasteiger partial charge in [-0.25, -0.2) is 0 Å². The monoisotopic (exact) mass is 232 g/mol. The lowest BCUT2D eigenvalue weighted by molar-refractivity contribution is 2.15. The predicted octanol–water partition coefficient (Wildman–Crippen LogP) is 6.07. The van der Waals surface area contributed by atoms with Crippen LogP contribution in [0, 0.1) is 0 Å². The van der Waals surface area contributed by atoms with Crippen molar-refractivity contribution < 1.29 is 0 Å². The molecular weight excluding hydrogens is 204 g/mol. The second kappa shape index (κ2) is 66.3. The van der Waals surface area contributed by atoms with Gasteiger partial charge in [0.25, 0.3) is 0 Å². The molecule has 0 heterocycles. The Kier molecular flexibility index (Phi) is 115. The van der Waals surface area contributed by atoms with Gasteiger partial charge in [-0.15, -0.1) is 0 Å². The third-order valence-corrected chi connectivity index (χ3v) is 0.667. The number of hydrogen-bond acceptors (Lipinski definition) is 0. The van der Waals surface area contributed by atoms with Crippen LogP contribution in [0.15, 0.2) is 101 Å². The summed E-state index contributed by atoms with van der Waals surface area (Å²) in [6, 6.07) is 0. The molecule has 0 bridgehead atoms. The van der Waals surface area contributed by atoms with E-state index in [9.17, 15) is 0 Å². The predicted molar refractivity (Wildman–Crippen MR) is 88.3 cm³/mol. The van der Waals surface area contributed by atoms with E-state index in [2.05, 4.69) is 52.6 Å². The first kappa shape index (κ1) is 29.4. The fourth-order valence-electron chi connectivity index (χ4n) is 0. The molecule has 0 spiro atoms. The van der Waals surface area contributed by atoms with Gasteiger partial charge in [-0.05, 0) is 0 Å². The molecule has 0 saturated heterocycles. The smallest absolute Gasteiger partial charge is 0.0701 e. The van der Waals surface area contributed by atoms with Crippen LogP contribution in [0.3, 0.4) is 0 Å². The molecule has 0 aliphatic heterocycles. The van der Waals surface area contributed by atoms with Crippen molar-refractivity contribution in [2.45, 2.75) is 7.43 Å². The van der Waals surface area contributed by atoms with Crippen LogP contribution in [0.4, 0.5) is 0 Å². The van der Waals surface area contributed by atoms with E-state index >= 15 is 0 Å². The Hall–Kier alpha value is -2.08. The summed E-state index contributed by atoms with van der Waals surface area (Å²) in [7, 11) is 0. The Morgan fingerprint density at radius 1 is 0.294 bits per heavy atom. The molecule has 0 saturated carbocycles. The molecule has 0 radical (unpaired) electrons. The lowest BCUT2D eigenvalue weighted by atomic mass is 10.6. The molecule has 0 aromatic heterocycles. The second-order valence-electron chi connectivity index (χ2n) is 1.89. The average Bonchev–Trinajstić information content (AvgIpc) is 2.39. The molecule has 0 rings (SSSR count). The highest BCUT2D eigenvalue weighted by Crippen LogP contribution is 1.53. The molecular formula is C17H28.